The number of hydrogen-bond acceptors (Lipinski definition) is 4. The maximum absolute atomic E-state index is 13.5. The molecule has 0 atom stereocenters. The van der Waals surface area contributed by atoms with Crippen molar-refractivity contribution in [2.75, 3.05) is 7.11 Å². The van der Waals surface area contributed by atoms with Crippen molar-refractivity contribution in [1.82, 2.24) is 0 Å². The molecule has 104 valence electrons. The van der Waals surface area contributed by atoms with Gasteiger partial charge in [-0.25, -0.2) is 4.39 Å². The second kappa shape index (κ2) is 6.52. The van der Waals surface area contributed by atoms with Gasteiger partial charge in [-0.15, -0.1) is 0 Å². The second-order valence-electron chi connectivity index (χ2n) is 4.65. The molecule has 0 saturated heterocycles. The summed E-state index contributed by atoms with van der Waals surface area (Å²) in [5.41, 5.74) is 1.62. The molecule has 0 bridgehead atoms. The third-order valence-electron chi connectivity index (χ3n) is 3.35. The molecule has 0 unspecified atom stereocenters. The highest BCUT2D eigenvalue weighted by Gasteiger charge is 2.18. The minimum absolute atomic E-state index is 0.149. The lowest BCUT2D eigenvalue weighted by molar-refractivity contribution is 0.0276. The molecular weight excluding hydrogens is 249 g/mol. The summed E-state index contributed by atoms with van der Waals surface area (Å²) in [6.07, 6.45) is 3.36. The van der Waals surface area contributed by atoms with Crippen LogP contribution in [0.1, 0.15) is 31.2 Å². The van der Waals surface area contributed by atoms with Gasteiger partial charge in [0.1, 0.15) is 0 Å². The number of methoxy groups -OCH3 is 1. The standard InChI is InChI=1S/C14H18FNO3/c1-18-14-7-2-10(8-13(14)15)9-19-12-5-3-11(16-17)4-6-12/h2,7-8,12,17H,3-6,9H2,1H3. The smallest absolute Gasteiger partial charge is 0.165 e. The topological polar surface area (TPSA) is 51.0 Å². The number of halogens is 1. The summed E-state index contributed by atoms with van der Waals surface area (Å²) in [6.45, 7) is 0.386. The maximum Gasteiger partial charge on any atom is 0.165 e. The number of benzene rings is 1. The zero-order valence-corrected chi connectivity index (χ0v) is 10.9. The van der Waals surface area contributed by atoms with Gasteiger partial charge in [0.05, 0.1) is 25.5 Å². The van der Waals surface area contributed by atoms with Gasteiger partial charge in [0.15, 0.2) is 11.6 Å². The van der Waals surface area contributed by atoms with Gasteiger partial charge >= 0.3 is 0 Å². The molecule has 0 radical (unpaired) electrons. The Labute approximate surface area is 111 Å². The summed E-state index contributed by atoms with van der Waals surface area (Å²) in [7, 11) is 1.44. The predicted molar refractivity (Wildman–Crippen MR) is 69.2 cm³/mol. The van der Waals surface area contributed by atoms with Crippen molar-refractivity contribution in [2.45, 2.75) is 38.4 Å². The van der Waals surface area contributed by atoms with Crippen molar-refractivity contribution in [2.24, 2.45) is 5.16 Å². The molecule has 19 heavy (non-hydrogen) atoms. The average Bonchev–Trinajstić information content (AvgIpc) is 2.46. The summed E-state index contributed by atoms with van der Waals surface area (Å²) in [4.78, 5) is 0. The Kier molecular flexibility index (Phi) is 4.74. The molecule has 5 heteroatoms. The zero-order valence-electron chi connectivity index (χ0n) is 10.9. The highest BCUT2D eigenvalue weighted by atomic mass is 19.1. The summed E-state index contributed by atoms with van der Waals surface area (Å²) in [6, 6.07) is 4.83. The van der Waals surface area contributed by atoms with Crippen molar-refractivity contribution >= 4 is 5.71 Å². The first-order valence-corrected chi connectivity index (χ1v) is 6.36. The van der Waals surface area contributed by atoms with Crippen LogP contribution in [0.4, 0.5) is 4.39 Å². The molecule has 0 aliphatic heterocycles. The molecule has 1 saturated carbocycles. The Morgan fingerprint density at radius 2 is 2.11 bits per heavy atom. The van der Waals surface area contributed by atoms with E-state index in [0.717, 1.165) is 37.0 Å². The van der Waals surface area contributed by atoms with Crippen LogP contribution in [0.25, 0.3) is 0 Å². The molecule has 2 rings (SSSR count). The quantitative estimate of drug-likeness (QED) is 0.673. The molecule has 1 aromatic carbocycles. The van der Waals surface area contributed by atoms with Crippen molar-refractivity contribution < 1.29 is 19.1 Å². The molecule has 1 N–H and O–H groups in total. The largest absolute Gasteiger partial charge is 0.494 e. The summed E-state index contributed by atoms with van der Waals surface area (Å²) in [5.74, 6) is -0.132. The van der Waals surface area contributed by atoms with Crippen molar-refractivity contribution in [1.29, 1.82) is 0 Å². The van der Waals surface area contributed by atoms with Crippen molar-refractivity contribution in [3.8, 4) is 5.75 Å². The lowest BCUT2D eigenvalue weighted by atomic mass is 9.96. The zero-order chi connectivity index (χ0) is 13.7. The predicted octanol–water partition coefficient (Wildman–Crippen LogP) is 3.12. The van der Waals surface area contributed by atoms with Gasteiger partial charge in [0.2, 0.25) is 0 Å². The Bertz CT molecular complexity index is 452. The lowest BCUT2D eigenvalue weighted by Crippen LogP contribution is -2.21. The molecule has 1 fully saturated rings. The first-order valence-electron chi connectivity index (χ1n) is 6.36. The van der Waals surface area contributed by atoms with E-state index in [2.05, 4.69) is 5.16 Å². The van der Waals surface area contributed by atoms with E-state index in [1.54, 1.807) is 12.1 Å². The molecule has 0 spiro atoms. The van der Waals surface area contributed by atoms with E-state index in [4.69, 9.17) is 14.7 Å². The van der Waals surface area contributed by atoms with Gasteiger partial charge in [0.25, 0.3) is 0 Å². The van der Waals surface area contributed by atoms with Gasteiger partial charge in [-0.3, -0.25) is 0 Å². The Morgan fingerprint density at radius 3 is 2.68 bits per heavy atom. The highest BCUT2D eigenvalue weighted by Crippen LogP contribution is 2.22. The minimum Gasteiger partial charge on any atom is -0.494 e. The minimum atomic E-state index is -0.373. The van der Waals surface area contributed by atoms with Crippen LogP contribution in [0.5, 0.6) is 5.75 Å². The van der Waals surface area contributed by atoms with E-state index in [1.807, 2.05) is 0 Å². The average molecular weight is 267 g/mol. The van der Waals surface area contributed by atoms with Crippen LogP contribution in [-0.4, -0.2) is 24.1 Å². The van der Waals surface area contributed by atoms with Gasteiger partial charge in [-0.2, -0.15) is 0 Å². The fourth-order valence-corrected chi connectivity index (χ4v) is 2.20. The van der Waals surface area contributed by atoms with Crippen LogP contribution in [-0.2, 0) is 11.3 Å². The van der Waals surface area contributed by atoms with Gasteiger partial charge in [0, 0.05) is 0 Å². The van der Waals surface area contributed by atoms with Crippen LogP contribution >= 0.6 is 0 Å². The molecule has 1 aliphatic rings. The van der Waals surface area contributed by atoms with E-state index < -0.39 is 0 Å². The summed E-state index contributed by atoms with van der Waals surface area (Å²) in [5, 5.41) is 11.9. The van der Waals surface area contributed by atoms with Crippen molar-refractivity contribution in [3.63, 3.8) is 0 Å². The molecule has 4 nitrogen and oxygen atoms in total. The first kappa shape index (κ1) is 13.8. The summed E-state index contributed by atoms with van der Waals surface area (Å²) < 4.78 is 24.1. The number of rotatable bonds is 4. The fraction of sp³-hybridized carbons (Fsp3) is 0.500. The van der Waals surface area contributed by atoms with Crippen LogP contribution in [0.15, 0.2) is 23.4 Å². The maximum atomic E-state index is 13.5. The van der Waals surface area contributed by atoms with E-state index in [1.165, 1.54) is 13.2 Å². The number of ether oxygens (including phenoxy) is 2. The molecular formula is C14H18FNO3. The third-order valence-corrected chi connectivity index (χ3v) is 3.35. The van der Waals surface area contributed by atoms with Crippen molar-refractivity contribution in [3.05, 3.63) is 29.6 Å². The third kappa shape index (κ3) is 3.67. The first-order chi connectivity index (χ1) is 9.22. The van der Waals surface area contributed by atoms with E-state index in [9.17, 15) is 4.39 Å². The molecule has 0 amide bonds. The van der Waals surface area contributed by atoms with E-state index in [0.29, 0.717) is 6.61 Å². The highest BCUT2D eigenvalue weighted by molar-refractivity contribution is 5.84. The Balaban J connectivity index is 1.84. The van der Waals surface area contributed by atoms with Gasteiger partial charge < -0.3 is 14.7 Å². The Morgan fingerprint density at radius 1 is 1.37 bits per heavy atom. The van der Waals surface area contributed by atoms with Crippen LogP contribution in [0.3, 0.4) is 0 Å². The second-order valence-corrected chi connectivity index (χ2v) is 4.65. The fourth-order valence-electron chi connectivity index (χ4n) is 2.20. The lowest BCUT2D eigenvalue weighted by Gasteiger charge is -2.22. The number of hydrogen-bond donors (Lipinski definition) is 1. The van der Waals surface area contributed by atoms with Gasteiger partial charge in [-0.05, 0) is 43.4 Å². The monoisotopic (exact) mass is 267 g/mol. The van der Waals surface area contributed by atoms with E-state index in [-0.39, 0.29) is 17.7 Å². The van der Waals surface area contributed by atoms with Gasteiger partial charge in [-0.1, -0.05) is 11.2 Å². The molecule has 1 aromatic rings. The normalized spacial score (nSPS) is 19.3. The molecule has 0 heterocycles. The molecule has 1 aliphatic carbocycles. The van der Waals surface area contributed by atoms with Crippen LogP contribution in [0.2, 0.25) is 0 Å². The summed E-state index contributed by atoms with van der Waals surface area (Å²) >= 11 is 0. The van der Waals surface area contributed by atoms with Crippen LogP contribution < -0.4 is 4.74 Å². The number of oxime groups is 1. The SMILES string of the molecule is COc1ccc(COC2CCC(=NO)CC2)cc1F. The Hall–Kier alpha value is -1.62. The molecule has 0 aromatic heterocycles. The van der Waals surface area contributed by atoms with E-state index >= 15 is 0 Å². The number of nitrogens with zero attached hydrogens (tertiary/aromatic N) is 1. The van der Waals surface area contributed by atoms with Crippen LogP contribution in [0, 0.1) is 5.82 Å².